The molecule has 1 fully saturated rings. The Morgan fingerprint density at radius 1 is 1.30 bits per heavy atom. The van der Waals surface area contributed by atoms with Gasteiger partial charge in [0.2, 0.25) is 0 Å². The number of hydrogen-bond acceptors (Lipinski definition) is 1. The van der Waals surface area contributed by atoms with Gasteiger partial charge in [-0.3, -0.25) is 0 Å². The highest BCUT2D eigenvalue weighted by molar-refractivity contribution is 4.97. The van der Waals surface area contributed by atoms with E-state index < -0.39 is 0 Å². The number of rotatable bonds is 0. The first-order valence-electron chi connectivity index (χ1n) is 3.93. The van der Waals surface area contributed by atoms with E-state index in [1.165, 1.54) is 0 Å². The van der Waals surface area contributed by atoms with Gasteiger partial charge in [-0.2, -0.15) is 5.26 Å². The molecule has 0 heterocycles. The van der Waals surface area contributed by atoms with Gasteiger partial charge in [-0.15, -0.1) is 0 Å². The average molecular weight is 137 g/mol. The third-order valence-corrected chi connectivity index (χ3v) is 2.55. The third-order valence-electron chi connectivity index (χ3n) is 2.55. The van der Waals surface area contributed by atoms with Crippen molar-refractivity contribution in [1.82, 2.24) is 0 Å². The van der Waals surface area contributed by atoms with Gasteiger partial charge in [0.15, 0.2) is 0 Å². The van der Waals surface area contributed by atoms with Crippen LogP contribution in [0.15, 0.2) is 0 Å². The minimum atomic E-state index is 0.365. The number of nitriles is 1. The molecule has 1 saturated carbocycles. The molecule has 0 bridgehead atoms. The Bertz CT molecular complexity index is 153. The molecule has 1 aliphatic rings. The topological polar surface area (TPSA) is 23.8 Å². The Kier molecular flexibility index (Phi) is 1.72. The first-order valence-corrected chi connectivity index (χ1v) is 3.93. The summed E-state index contributed by atoms with van der Waals surface area (Å²) in [6, 6.07) is 2.30. The fraction of sp³-hybridized carbons (Fsp3) is 0.889. The molecule has 0 aromatic rings. The Balaban J connectivity index is 2.35. The summed E-state index contributed by atoms with van der Waals surface area (Å²) in [5.41, 5.74) is 0.424. The highest BCUT2D eigenvalue weighted by Crippen LogP contribution is 2.44. The van der Waals surface area contributed by atoms with Crippen LogP contribution in [0.3, 0.4) is 0 Å². The van der Waals surface area contributed by atoms with Gasteiger partial charge in [0.1, 0.15) is 0 Å². The Hall–Kier alpha value is -0.510. The molecule has 1 aliphatic carbocycles. The van der Waals surface area contributed by atoms with E-state index in [2.05, 4.69) is 26.8 Å². The summed E-state index contributed by atoms with van der Waals surface area (Å²) in [6.07, 6.45) is 2.25. The second-order valence-corrected chi connectivity index (χ2v) is 4.36. The summed E-state index contributed by atoms with van der Waals surface area (Å²) >= 11 is 0. The van der Waals surface area contributed by atoms with E-state index >= 15 is 0 Å². The van der Waals surface area contributed by atoms with E-state index in [9.17, 15) is 0 Å². The fourth-order valence-corrected chi connectivity index (χ4v) is 1.43. The summed E-state index contributed by atoms with van der Waals surface area (Å²) in [7, 11) is 0. The van der Waals surface area contributed by atoms with Crippen LogP contribution >= 0.6 is 0 Å². The van der Waals surface area contributed by atoms with Crippen molar-refractivity contribution in [1.29, 1.82) is 5.26 Å². The van der Waals surface area contributed by atoms with Crippen LogP contribution in [0.2, 0.25) is 0 Å². The molecule has 0 unspecified atom stereocenters. The molecule has 56 valence electrons. The molecule has 0 radical (unpaired) electrons. The first kappa shape index (κ1) is 7.60. The quantitative estimate of drug-likeness (QED) is 0.503. The maximum atomic E-state index is 8.52. The van der Waals surface area contributed by atoms with Crippen LogP contribution in [0, 0.1) is 28.6 Å². The smallest absolute Gasteiger partial charge is 0.0656 e. The molecular weight excluding hydrogens is 122 g/mol. The largest absolute Gasteiger partial charge is 0.198 e. The maximum Gasteiger partial charge on any atom is 0.0656 e. The van der Waals surface area contributed by atoms with Gasteiger partial charge >= 0.3 is 0 Å². The van der Waals surface area contributed by atoms with Crippen LogP contribution in [-0.2, 0) is 0 Å². The predicted molar refractivity (Wildman–Crippen MR) is 41.3 cm³/mol. The monoisotopic (exact) mass is 137 g/mol. The van der Waals surface area contributed by atoms with Crippen molar-refractivity contribution in [2.45, 2.75) is 33.6 Å². The molecule has 0 saturated heterocycles. The lowest BCUT2D eigenvalue weighted by Gasteiger charge is -2.40. The van der Waals surface area contributed by atoms with E-state index in [-0.39, 0.29) is 0 Å². The van der Waals surface area contributed by atoms with Gasteiger partial charge in [-0.05, 0) is 24.2 Å². The normalized spacial score (nSPS) is 32.6. The summed E-state index contributed by atoms with van der Waals surface area (Å²) in [6.45, 7) is 6.77. The zero-order valence-corrected chi connectivity index (χ0v) is 7.02. The van der Waals surface area contributed by atoms with Crippen LogP contribution in [0.1, 0.15) is 33.6 Å². The summed E-state index contributed by atoms with van der Waals surface area (Å²) in [5, 5.41) is 8.52. The second-order valence-electron chi connectivity index (χ2n) is 4.36. The predicted octanol–water partition coefficient (Wildman–Crippen LogP) is 2.58. The van der Waals surface area contributed by atoms with E-state index in [1.54, 1.807) is 0 Å². The number of nitrogens with zero attached hydrogens (tertiary/aromatic N) is 1. The van der Waals surface area contributed by atoms with Crippen molar-refractivity contribution in [2.24, 2.45) is 17.3 Å². The van der Waals surface area contributed by atoms with E-state index in [0.29, 0.717) is 11.3 Å². The average Bonchev–Trinajstić information content (AvgIpc) is 1.57. The van der Waals surface area contributed by atoms with Gasteiger partial charge in [-0.25, -0.2) is 0 Å². The minimum Gasteiger partial charge on any atom is -0.198 e. The van der Waals surface area contributed by atoms with Crippen molar-refractivity contribution in [3.63, 3.8) is 0 Å². The third kappa shape index (κ3) is 1.31. The molecule has 0 amide bonds. The van der Waals surface area contributed by atoms with Gasteiger partial charge in [0, 0.05) is 5.92 Å². The standard InChI is InChI=1S/C9H15N/c1-9(2,3)8-4-7(5-8)6-10/h7-8H,4-5H2,1-3H3. The molecule has 0 atom stereocenters. The molecule has 0 aromatic heterocycles. The van der Waals surface area contributed by atoms with Gasteiger partial charge in [-0.1, -0.05) is 20.8 Å². The minimum absolute atomic E-state index is 0.365. The number of hydrogen-bond donors (Lipinski definition) is 0. The zero-order valence-electron chi connectivity index (χ0n) is 7.02. The van der Waals surface area contributed by atoms with Crippen molar-refractivity contribution in [2.75, 3.05) is 0 Å². The highest BCUT2D eigenvalue weighted by atomic mass is 14.4. The molecule has 1 nitrogen and oxygen atoms in total. The Morgan fingerprint density at radius 3 is 2.10 bits per heavy atom. The fourth-order valence-electron chi connectivity index (χ4n) is 1.43. The zero-order chi connectivity index (χ0) is 7.78. The summed E-state index contributed by atoms with van der Waals surface area (Å²) < 4.78 is 0. The Morgan fingerprint density at radius 2 is 1.80 bits per heavy atom. The van der Waals surface area contributed by atoms with Gasteiger partial charge in [0.25, 0.3) is 0 Å². The maximum absolute atomic E-state index is 8.52. The highest BCUT2D eigenvalue weighted by Gasteiger charge is 2.36. The molecule has 0 aliphatic heterocycles. The molecular formula is C9H15N. The van der Waals surface area contributed by atoms with Crippen LogP contribution in [0.25, 0.3) is 0 Å². The van der Waals surface area contributed by atoms with Crippen LogP contribution in [-0.4, -0.2) is 0 Å². The van der Waals surface area contributed by atoms with Crippen molar-refractivity contribution in [3.05, 3.63) is 0 Å². The first-order chi connectivity index (χ1) is 4.54. The lowest BCUT2D eigenvalue weighted by molar-refractivity contribution is 0.104. The molecule has 1 heteroatoms. The van der Waals surface area contributed by atoms with E-state index in [0.717, 1.165) is 18.8 Å². The SMILES string of the molecule is CC(C)(C)C1CC(C#N)C1. The molecule has 0 spiro atoms. The van der Waals surface area contributed by atoms with Crippen LogP contribution in [0.5, 0.6) is 0 Å². The molecule has 0 N–H and O–H groups in total. The summed E-state index contributed by atoms with van der Waals surface area (Å²) in [4.78, 5) is 0. The van der Waals surface area contributed by atoms with Crippen LogP contribution < -0.4 is 0 Å². The van der Waals surface area contributed by atoms with E-state index in [4.69, 9.17) is 5.26 Å². The molecule has 10 heavy (non-hydrogen) atoms. The van der Waals surface area contributed by atoms with E-state index in [1.807, 2.05) is 0 Å². The lowest BCUT2D eigenvalue weighted by Crippen LogP contribution is -2.33. The van der Waals surface area contributed by atoms with Gasteiger partial charge < -0.3 is 0 Å². The van der Waals surface area contributed by atoms with Crippen LogP contribution in [0.4, 0.5) is 0 Å². The summed E-state index contributed by atoms with van der Waals surface area (Å²) in [5.74, 6) is 1.15. The van der Waals surface area contributed by atoms with Crippen molar-refractivity contribution < 1.29 is 0 Å². The molecule has 1 rings (SSSR count). The second kappa shape index (κ2) is 2.27. The lowest BCUT2D eigenvalue weighted by atomic mass is 9.63. The molecule has 0 aromatic carbocycles. The van der Waals surface area contributed by atoms with Crippen molar-refractivity contribution >= 4 is 0 Å². The van der Waals surface area contributed by atoms with Crippen molar-refractivity contribution in [3.8, 4) is 6.07 Å². The van der Waals surface area contributed by atoms with Gasteiger partial charge in [0.05, 0.1) is 6.07 Å². The Labute approximate surface area is 63.0 Å².